The van der Waals surface area contributed by atoms with Gasteiger partial charge in [0.25, 0.3) is 0 Å². The van der Waals surface area contributed by atoms with Gasteiger partial charge in [-0.2, -0.15) is 0 Å². The Balaban J connectivity index is 2.35. The minimum Gasteiger partial charge on any atom is -0.352 e. The monoisotopic (exact) mass is 189 g/mol. The van der Waals surface area contributed by atoms with E-state index in [2.05, 4.69) is 12.2 Å². The molecule has 0 saturated heterocycles. The van der Waals surface area contributed by atoms with Gasteiger partial charge in [-0.1, -0.05) is 13.3 Å². The number of alkyl halides is 1. The first-order chi connectivity index (χ1) is 5.61. The standard InChI is InChI=1S/C9H16ClNO/c1-6-4-3-5-8(6)11-9(12)7(2)10/h6-8H,3-5H2,1-2H3,(H,11,12). The minimum atomic E-state index is -0.405. The summed E-state index contributed by atoms with van der Waals surface area (Å²) < 4.78 is 0. The van der Waals surface area contributed by atoms with E-state index in [9.17, 15) is 4.79 Å². The van der Waals surface area contributed by atoms with Gasteiger partial charge in [-0.3, -0.25) is 4.79 Å². The minimum absolute atomic E-state index is 0.0320. The van der Waals surface area contributed by atoms with E-state index in [0.717, 1.165) is 6.42 Å². The van der Waals surface area contributed by atoms with Crippen molar-refractivity contribution in [1.82, 2.24) is 5.32 Å². The molecule has 0 aromatic rings. The number of carbonyl (C=O) groups excluding carboxylic acids is 1. The number of amides is 1. The molecule has 1 N–H and O–H groups in total. The Morgan fingerprint density at radius 2 is 2.25 bits per heavy atom. The van der Waals surface area contributed by atoms with Crippen LogP contribution in [0.1, 0.15) is 33.1 Å². The molecule has 1 fully saturated rings. The first kappa shape index (κ1) is 9.85. The summed E-state index contributed by atoms with van der Waals surface area (Å²) in [5.41, 5.74) is 0. The second kappa shape index (κ2) is 4.13. The summed E-state index contributed by atoms with van der Waals surface area (Å²) in [6.45, 7) is 3.88. The molecule has 1 amide bonds. The van der Waals surface area contributed by atoms with E-state index in [1.165, 1.54) is 12.8 Å². The van der Waals surface area contributed by atoms with E-state index in [1.807, 2.05) is 0 Å². The van der Waals surface area contributed by atoms with Crippen LogP contribution in [0.4, 0.5) is 0 Å². The lowest BCUT2D eigenvalue weighted by Gasteiger charge is -2.17. The third kappa shape index (κ3) is 2.37. The predicted octanol–water partition coefficient (Wildman–Crippen LogP) is 1.92. The zero-order valence-corrected chi connectivity index (χ0v) is 8.40. The van der Waals surface area contributed by atoms with Crippen LogP contribution in [-0.2, 0) is 4.79 Å². The summed E-state index contributed by atoms with van der Waals surface area (Å²) >= 11 is 5.64. The Labute approximate surface area is 78.7 Å². The molecular weight excluding hydrogens is 174 g/mol. The van der Waals surface area contributed by atoms with Crippen LogP contribution in [0.2, 0.25) is 0 Å². The van der Waals surface area contributed by atoms with Crippen LogP contribution < -0.4 is 5.32 Å². The van der Waals surface area contributed by atoms with Crippen LogP contribution in [0.25, 0.3) is 0 Å². The van der Waals surface area contributed by atoms with E-state index >= 15 is 0 Å². The molecule has 1 rings (SSSR count). The summed E-state index contributed by atoms with van der Waals surface area (Å²) in [5, 5.41) is 2.55. The molecule has 1 aliphatic rings. The fraction of sp³-hybridized carbons (Fsp3) is 0.889. The molecular formula is C9H16ClNO. The van der Waals surface area contributed by atoms with E-state index in [0.29, 0.717) is 12.0 Å². The Hall–Kier alpha value is -0.240. The van der Waals surface area contributed by atoms with Crippen molar-refractivity contribution in [2.24, 2.45) is 5.92 Å². The number of hydrogen-bond donors (Lipinski definition) is 1. The van der Waals surface area contributed by atoms with Crippen molar-refractivity contribution in [3.8, 4) is 0 Å². The second-order valence-corrected chi connectivity index (χ2v) is 4.29. The van der Waals surface area contributed by atoms with Crippen LogP contribution in [-0.4, -0.2) is 17.3 Å². The van der Waals surface area contributed by atoms with Gasteiger partial charge in [0.1, 0.15) is 5.38 Å². The lowest BCUT2D eigenvalue weighted by molar-refractivity contribution is -0.121. The van der Waals surface area contributed by atoms with Crippen molar-refractivity contribution >= 4 is 17.5 Å². The van der Waals surface area contributed by atoms with Gasteiger partial charge in [-0.15, -0.1) is 11.6 Å². The highest BCUT2D eigenvalue weighted by Gasteiger charge is 2.25. The molecule has 1 aliphatic carbocycles. The average Bonchev–Trinajstić information content (AvgIpc) is 2.36. The van der Waals surface area contributed by atoms with Crippen molar-refractivity contribution < 1.29 is 4.79 Å². The highest BCUT2D eigenvalue weighted by Crippen LogP contribution is 2.24. The molecule has 0 aromatic carbocycles. The number of carbonyl (C=O) groups is 1. The van der Waals surface area contributed by atoms with Gasteiger partial charge in [-0.05, 0) is 25.7 Å². The smallest absolute Gasteiger partial charge is 0.237 e. The second-order valence-electron chi connectivity index (χ2n) is 3.64. The maximum Gasteiger partial charge on any atom is 0.237 e. The van der Waals surface area contributed by atoms with Gasteiger partial charge in [0.05, 0.1) is 0 Å². The molecule has 2 nitrogen and oxygen atoms in total. The van der Waals surface area contributed by atoms with Crippen molar-refractivity contribution in [3.05, 3.63) is 0 Å². The normalized spacial score (nSPS) is 31.6. The summed E-state index contributed by atoms with van der Waals surface area (Å²) in [5.74, 6) is 0.583. The van der Waals surface area contributed by atoms with Gasteiger partial charge >= 0.3 is 0 Å². The summed E-state index contributed by atoms with van der Waals surface area (Å²) in [6.07, 6.45) is 3.56. The average molecular weight is 190 g/mol. The van der Waals surface area contributed by atoms with Crippen LogP contribution in [0.15, 0.2) is 0 Å². The van der Waals surface area contributed by atoms with Gasteiger partial charge in [0.2, 0.25) is 5.91 Å². The van der Waals surface area contributed by atoms with Crippen LogP contribution in [0.5, 0.6) is 0 Å². The lowest BCUT2D eigenvalue weighted by atomic mass is 10.1. The zero-order valence-electron chi connectivity index (χ0n) is 7.64. The third-order valence-corrected chi connectivity index (χ3v) is 2.75. The topological polar surface area (TPSA) is 29.1 Å². The molecule has 12 heavy (non-hydrogen) atoms. The molecule has 0 aliphatic heterocycles. The molecule has 70 valence electrons. The molecule has 3 unspecified atom stereocenters. The summed E-state index contributed by atoms with van der Waals surface area (Å²) in [4.78, 5) is 11.2. The number of hydrogen-bond acceptors (Lipinski definition) is 1. The van der Waals surface area contributed by atoms with Crippen LogP contribution in [0.3, 0.4) is 0 Å². The highest BCUT2D eigenvalue weighted by atomic mass is 35.5. The van der Waals surface area contributed by atoms with E-state index in [1.54, 1.807) is 6.92 Å². The Kier molecular flexibility index (Phi) is 3.39. The summed E-state index contributed by atoms with van der Waals surface area (Å²) in [6, 6.07) is 0.360. The molecule has 0 aromatic heterocycles. The first-order valence-electron chi connectivity index (χ1n) is 4.55. The maximum absolute atomic E-state index is 11.2. The van der Waals surface area contributed by atoms with E-state index in [4.69, 9.17) is 11.6 Å². The first-order valence-corrected chi connectivity index (χ1v) is 4.99. The maximum atomic E-state index is 11.2. The fourth-order valence-corrected chi connectivity index (χ4v) is 1.72. The van der Waals surface area contributed by atoms with Gasteiger partial charge in [0.15, 0.2) is 0 Å². The van der Waals surface area contributed by atoms with Crippen molar-refractivity contribution in [1.29, 1.82) is 0 Å². The third-order valence-electron chi connectivity index (χ3n) is 2.55. The number of rotatable bonds is 2. The molecule has 0 heterocycles. The highest BCUT2D eigenvalue weighted by molar-refractivity contribution is 6.30. The van der Waals surface area contributed by atoms with Gasteiger partial charge in [0, 0.05) is 6.04 Å². The van der Waals surface area contributed by atoms with E-state index < -0.39 is 5.38 Å². The molecule has 0 radical (unpaired) electrons. The van der Waals surface area contributed by atoms with Crippen molar-refractivity contribution in [2.75, 3.05) is 0 Å². The number of halogens is 1. The van der Waals surface area contributed by atoms with Crippen molar-refractivity contribution in [2.45, 2.75) is 44.5 Å². The van der Waals surface area contributed by atoms with Crippen molar-refractivity contribution in [3.63, 3.8) is 0 Å². The lowest BCUT2D eigenvalue weighted by Crippen LogP contribution is -2.39. The Morgan fingerprint density at radius 1 is 1.58 bits per heavy atom. The Morgan fingerprint density at radius 3 is 2.67 bits per heavy atom. The quantitative estimate of drug-likeness (QED) is 0.661. The van der Waals surface area contributed by atoms with E-state index in [-0.39, 0.29) is 5.91 Å². The van der Waals surface area contributed by atoms with Crippen LogP contribution in [0, 0.1) is 5.92 Å². The molecule has 3 heteroatoms. The van der Waals surface area contributed by atoms with Gasteiger partial charge in [-0.25, -0.2) is 0 Å². The molecule has 0 spiro atoms. The molecule has 0 bridgehead atoms. The summed E-state index contributed by atoms with van der Waals surface area (Å²) in [7, 11) is 0. The molecule has 3 atom stereocenters. The zero-order chi connectivity index (χ0) is 9.14. The molecule has 1 saturated carbocycles. The Bertz CT molecular complexity index is 170. The number of nitrogens with one attached hydrogen (secondary N) is 1. The fourth-order valence-electron chi connectivity index (χ4n) is 1.66. The van der Waals surface area contributed by atoms with Gasteiger partial charge < -0.3 is 5.32 Å². The predicted molar refractivity (Wildman–Crippen MR) is 50.3 cm³/mol. The van der Waals surface area contributed by atoms with Crippen LogP contribution >= 0.6 is 11.6 Å². The SMILES string of the molecule is CC(Cl)C(=O)NC1CCCC1C. The largest absolute Gasteiger partial charge is 0.352 e.